The van der Waals surface area contributed by atoms with E-state index in [1.807, 2.05) is 60.7 Å². The van der Waals surface area contributed by atoms with E-state index in [4.69, 9.17) is 15.0 Å². The van der Waals surface area contributed by atoms with Gasteiger partial charge >= 0.3 is 0 Å². The Morgan fingerprint density at radius 3 is 1.56 bits per heavy atom. The molecule has 0 bridgehead atoms. The highest BCUT2D eigenvalue weighted by Gasteiger charge is 2.14. The zero-order valence-electron chi connectivity index (χ0n) is 24.7. The van der Waals surface area contributed by atoms with Crippen LogP contribution < -0.4 is 0 Å². The minimum atomic E-state index is 0.674. The van der Waals surface area contributed by atoms with E-state index < -0.39 is 0 Å². The third-order valence-corrected chi connectivity index (χ3v) is 8.34. The van der Waals surface area contributed by atoms with Crippen molar-refractivity contribution in [2.24, 2.45) is 0 Å². The van der Waals surface area contributed by atoms with Gasteiger partial charge in [0.05, 0.1) is 11.0 Å². The molecule has 0 aliphatic rings. The zero-order valence-corrected chi connectivity index (χ0v) is 24.7. The Labute approximate surface area is 262 Å². The van der Waals surface area contributed by atoms with Crippen molar-refractivity contribution in [1.82, 2.24) is 19.5 Å². The number of para-hydroxylation sites is 2. The fourth-order valence-electron chi connectivity index (χ4n) is 6.12. The largest absolute Gasteiger partial charge is 0.309 e. The Hall–Kier alpha value is -5.87. The summed E-state index contributed by atoms with van der Waals surface area (Å²) >= 11 is 0. The van der Waals surface area contributed by atoms with Gasteiger partial charge in [0.1, 0.15) is 0 Å². The number of nitrogens with zero attached hydrogens (tertiary/aromatic N) is 4. The molecule has 0 saturated carbocycles. The summed E-state index contributed by atoms with van der Waals surface area (Å²) in [4.78, 5) is 14.7. The Balaban J connectivity index is 1.12. The van der Waals surface area contributed by atoms with Gasteiger partial charge in [-0.2, -0.15) is 0 Å². The van der Waals surface area contributed by atoms with Crippen LogP contribution in [0.4, 0.5) is 0 Å². The topological polar surface area (TPSA) is 43.6 Å². The second kappa shape index (κ2) is 11.7. The molecule has 0 aliphatic heterocycles. The van der Waals surface area contributed by atoms with Gasteiger partial charge in [0.25, 0.3) is 0 Å². The van der Waals surface area contributed by atoms with Crippen LogP contribution >= 0.6 is 0 Å². The second-order valence-electron chi connectivity index (χ2n) is 11.3. The maximum absolute atomic E-state index is 4.92. The zero-order chi connectivity index (χ0) is 30.0. The SMILES string of the molecule is c1ccc(-c2nc(-c3ccccc3)nc(-c3cccc(CCc4ccc5c(c4)c4ccccc4n5-c4ccccc4)c3)n2)cc1. The van der Waals surface area contributed by atoms with E-state index in [0.717, 1.165) is 29.5 Å². The van der Waals surface area contributed by atoms with Gasteiger partial charge in [0.15, 0.2) is 17.5 Å². The normalized spacial score (nSPS) is 11.3. The first-order valence-corrected chi connectivity index (χ1v) is 15.3. The lowest BCUT2D eigenvalue weighted by Crippen LogP contribution is -2.00. The van der Waals surface area contributed by atoms with Gasteiger partial charge in [-0.3, -0.25) is 0 Å². The van der Waals surface area contributed by atoms with Crippen molar-refractivity contribution in [1.29, 1.82) is 0 Å². The van der Waals surface area contributed by atoms with Crippen LogP contribution in [-0.2, 0) is 12.8 Å². The van der Waals surface area contributed by atoms with Crippen LogP contribution in [-0.4, -0.2) is 19.5 Å². The third-order valence-electron chi connectivity index (χ3n) is 8.34. The fraction of sp³-hybridized carbons (Fsp3) is 0.0488. The van der Waals surface area contributed by atoms with Crippen molar-refractivity contribution in [2.75, 3.05) is 0 Å². The standard InChI is InChI=1S/C41H30N4/c1-4-14-31(15-5-1)39-42-40(32-16-6-2-7-17-32)44-41(43-39)33-18-12-13-29(27-33)23-24-30-25-26-38-36(28-30)35-21-10-11-22-37(35)45(38)34-19-8-3-9-20-34/h1-22,25-28H,23-24H2. The molecular weight excluding hydrogens is 548 g/mol. The fourth-order valence-corrected chi connectivity index (χ4v) is 6.12. The summed E-state index contributed by atoms with van der Waals surface area (Å²) in [6.45, 7) is 0. The van der Waals surface area contributed by atoms with E-state index in [0.29, 0.717) is 17.5 Å². The van der Waals surface area contributed by atoms with Crippen LogP contribution in [0.3, 0.4) is 0 Å². The molecule has 0 aliphatic carbocycles. The van der Waals surface area contributed by atoms with Crippen molar-refractivity contribution in [3.8, 4) is 39.9 Å². The first kappa shape index (κ1) is 26.7. The van der Waals surface area contributed by atoms with Crippen LogP contribution in [0.1, 0.15) is 11.1 Å². The molecule has 2 aromatic heterocycles. The van der Waals surface area contributed by atoms with E-state index >= 15 is 0 Å². The van der Waals surface area contributed by atoms with Gasteiger partial charge < -0.3 is 4.57 Å². The average molecular weight is 579 g/mol. The monoisotopic (exact) mass is 578 g/mol. The summed E-state index contributed by atoms with van der Waals surface area (Å²) in [6, 6.07) is 55.0. The molecule has 6 aromatic carbocycles. The Morgan fingerprint density at radius 1 is 0.378 bits per heavy atom. The minimum absolute atomic E-state index is 0.674. The highest BCUT2D eigenvalue weighted by molar-refractivity contribution is 6.09. The summed E-state index contributed by atoms with van der Waals surface area (Å²) < 4.78 is 2.36. The van der Waals surface area contributed by atoms with E-state index in [-0.39, 0.29) is 0 Å². The maximum atomic E-state index is 4.92. The highest BCUT2D eigenvalue weighted by atomic mass is 15.0. The van der Waals surface area contributed by atoms with Gasteiger partial charge in [-0.05, 0) is 60.4 Å². The van der Waals surface area contributed by atoms with Crippen LogP contribution in [0.5, 0.6) is 0 Å². The molecule has 4 heteroatoms. The van der Waals surface area contributed by atoms with E-state index in [2.05, 4.69) is 102 Å². The van der Waals surface area contributed by atoms with E-state index in [1.165, 1.54) is 38.6 Å². The summed E-state index contributed by atoms with van der Waals surface area (Å²) in [5.74, 6) is 2.03. The minimum Gasteiger partial charge on any atom is -0.309 e. The van der Waals surface area contributed by atoms with Crippen molar-refractivity contribution < 1.29 is 0 Å². The lowest BCUT2D eigenvalue weighted by atomic mass is 10.0. The average Bonchev–Trinajstić information content (AvgIpc) is 3.45. The maximum Gasteiger partial charge on any atom is 0.164 e. The second-order valence-corrected chi connectivity index (χ2v) is 11.3. The van der Waals surface area contributed by atoms with Gasteiger partial charge in [0.2, 0.25) is 0 Å². The first-order valence-electron chi connectivity index (χ1n) is 15.3. The number of hydrogen-bond donors (Lipinski definition) is 0. The summed E-state index contributed by atoms with van der Waals surface area (Å²) in [5, 5.41) is 2.56. The van der Waals surface area contributed by atoms with Crippen molar-refractivity contribution >= 4 is 21.8 Å². The van der Waals surface area contributed by atoms with E-state index in [1.54, 1.807) is 0 Å². The number of aryl methyl sites for hydroxylation is 2. The number of hydrogen-bond acceptors (Lipinski definition) is 3. The molecule has 214 valence electrons. The molecule has 0 radical (unpaired) electrons. The lowest BCUT2D eigenvalue weighted by molar-refractivity contribution is 0.961. The van der Waals surface area contributed by atoms with Gasteiger partial charge in [-0.15, -0.1) is 0 Å². The Bertz CT molecular complexity index is 2200. The highest BCUT2D eigenvalue weighted by Crippen LogP contribution is 2.33. The predicted octanol–water partition coefficient (Wildman–Crippen LogP) is 9.75. The van der Waals surface area contributed by atoms with Crippen LogP contribution in [0.2, 0.25) is 0 Å². The Kier molecular flexibility index (Phi) is 6.93. The lowest BCUT2D eigenvalue weighted by Gasteiger charge is -2.10. The smallest absolute Gasteiger partial charge is 0.164 e. The molecule has 4 nitrogen and oxygen atoms in total. The summed E-state index contributed by atoms with van der Waals surface area (Å²) in [7, 11) is 0. The molecule has 0 amide bonds. The van der Waals surface area contributed by atoms with Crippen molar-refractivity contribution in [3.63, 3.8) is 0 Å². The van der Waals surface area contributed by atoms with Gasteiger partial charge in [-0.25, -0.2) is 15.0 Å². The molecule has 2 heterocycles. The molecule has 8 rings (SSSR count). The summed E-state index contributed by atoms with van der Waals surface area (Å²) in [5.41, 5.74) is 9.14. The molecule has 0 fully saturated rings. The third kappa shape index (κ3) is 5.28. The van der Waals surface area contributed by atoms with Gasteiger partial charge in [-0.1, -0.05) is 121 Å². The Morgan fingerprint density at radius 2 is 0.889 bits per heavy atom. The molecule has 0 unspecified atom stereocenters. The van der Waals surface area contributed by atoms with E-state index in [9.17, 15) is 0 Å². The molecule has 45 heavy (non-hydrogen) atoms. The number of fused-ring (bicyclic) bond motifs is 3. The van der Waals surface area contributed by atoms with Crippen LogP contribution in [0, 0.1) is 0 Å². The predicted molar refractivity (Wildman–Crippen MR) is 184 cm³/mol. The number of rotatable bonds is 7. The quantitative estimate of drug-likeness (QED) is 0.189. The van der Waals surface area contributed by atoms with Crippen molar-refractivity contribution in [2.45, 2.75) is 12.8 Å². The summed E-state index contributed by atoms with van der Waals surface area (Å²) in [6.07, 6.45) is 1.85. The molecule has 0 saturated heterocycles. The first-order chi connectivity index (χ1) is 22.3. The molecular formula is C41H30N4. The molecule has 0 N–H and O–H groups in total. The van der Waals surface area contributed by atoms with Crippen molar-refractivity contribution in [3.05, 3.63) is 169 Å². The van der Waals surface area contributed by atoms with Crippen LogP contribution in [0.15, 0.2) is 158 Å². The number of aromatic nitrogens is 4. The molecule has 0 spiro atoms. The van der Waals surface area contributed by atoms with Crippen LogP contribution in [0.25, 0.3) is 61.7 Å². The van der Waals surface area contributed by atoms with Gasteiger partial charge in [0, 0.05) is 33.2 Å². The molecule has 8 aromatic rings. The molecule has 0 atom stereocenters. The number of benzene rings is 6.